The Hall–Kier alpha value is -2.54. The number of carboxylic acids is 1. The van der Waals surface area contributed by atoms with E-state index in [1.54, 1.807) is 6.92 Å². The quantitative estimate of drug-likeness (QED) is 0.624. The minimum Gasteiger partial charge on any atom is -0.508 e. The van der Waals surface area contributed by atoms with Gasteiger partial charge in [0.25, 0.3) is 0 Å². The summed E-state index contributed by atoms with van der Waals surface area (Å²) in [6.07, 6.45) is 0.615. The van der Waals surface area contributed by atoms with Gasteiger partial charge in [-0.3, -0.25) is 4.79 Å². The lowest BCUT2D eigenvalue weighted by Gasteiger charge is -2.21. The van der Waals surface area contributed by atoms with Gasteiger partial charge < -0.3 is 25.4 Å². The van der Waals surface area contributed by atoms with Crippen LogP contribution in [0.2, 0.25) is 0 Å². The highest BCUT2D eigenvalue weighted by Gasteiger charge is 2.27. The lowest BCUT2D eigenvalue weighted by Crippen LogP contribution is -2.29. The van der Waals surface area contributed by atoms with Gasteiger partial charge in [0.15, 0.2) is 0 Å². The Morgan fingerprint density at radius 1 is 1.42 bits per heavy atom. The normalized spacial score (nSPS) is 20.5. The number of aliphatic hydroxyl groups excluding tert-OH is 1. The van der Waals surface area contributed by atoms with Crippen molar-refractivity contribution in [1.29, 1.82) is 0 Å². The molecule has 1 aliphatic rings. The summed E-state index contributed by atoms with van der Waals surface area (Å²) in [7, 11) is 0. The van der Waals surface area contributed by atoms with Gasteiger partial charge in [0.2, 0.25) is 5.91 Å². The van der Waals surface area contributed by atoms with Crippen molar-refractivity contribution in [2.24, 2.45) is 0 Å². The number of aliphatic hydroxyl groups is 1. The van der Waals surface area contributed by atoms with Crippen LogP contribution in [0.1, 0.15) is 32.3 Å². The van der Waals surface area contributed by atoms with Crippen LogP contribution in [0.4, 0.5) is 5.69 Å². The van der Waals surface area contributed by atoms with Crippen molar-refractivity contribution in [1.82, 2.24) is 0 Å². The molecule has 24 heavy (non-hydrogen) atoms. The topological polar surface area (TPSA) is 116 Å². The molecule has 0 unspecified atom stereocenters. The number of phenolic OH excluding ortho intramolecular Hbond substituents is 1. The van der Waals surface area contributed by atoms with Gasteiger partial charge in [0, 0.05) is 23.6 Å². The number of aliphatic carboxylic acids is 1. The maximum absolute atomic E-state index is 11.7. The Labute approximate surface area is 139 Å². The van der Waals surface area contributed by atoms with E-state index < -0.39 is 18.2 Å². The van der Waals surface area contributed by atoms with Gasteiger partial charge in [0.05, 0.1) is 11.8 Å². The maximum atomic E-state index is 11.7. The number of rotatable bonds is 4. The standard InChI is InChI=1S/C17H21NO6/c1-3-15(21)18-12-8-11(19)7-10-4-5-13(20)14(24-16(10)12)6-9(2)17(22)23/h6-8,13-14,19-20H,3-5H2,1-2H3,(H,18,21)(H,22,23)/t13-,14+/m0/s1. The van der Waals surface area contributed by atoms with Gasteiger partial charge in [-0.25, -0.2) is 4.79 Å². The number of hydrogen-bond donors (Lipinski definition) is 4. The van der Waals surface area contributed by atoms with E-state index in [2.05, 4.69) is 5.32 Å². The summed E-state index contributed by atoms with van der Waals surface area (Å²) < 4.78 is 5.81. The predicted molar refractivity (Wildman–Crippen MR) is 87.2 cm³/mol. The molecule has 7 nitrogen and oxygen atoms in total. The number of nitrogens with one attached hydrogen (secondary N) is 1. The number of aromatic hydroxyl groups is 1. The molecule has 0 aliphatic carbocycles. The van der Waals surface area contributed by atoms with Crippen LogP contribution >= 0.6 is 0 Å². The highest BCUT2D eigenvalue weighted by atomic mass is 16.5. The fraction of sp³-hybridized carbons (Fsp3) is 0.412. The summed E-state index contributed by atoms with van der Waals surface area (Å²) in [6.45, 7) is 3.12. The molecule has 1 heterocycles. The predicted octanol–water partition coefficient (Wildman–Crippen LogP) is 1.83. The average Bonchev–Trinajstić information content (AvgIpc) is 2.67. The van der Waals surface area contributed by atoms with E-state index in [1.807, 2.05) is 0 Å². The summed E-state index contributed by atoms with van der Waals surface area (Å²) in [5.41, 5.74) is 1.00. The monoisotopic (exact) mass is 335 g/mol. The van der Waals surface area contributed by atoms with Gasteiger partial charge in [0.1, 0.15) is 17.6 Å². The van der Waals surface area contributed by atoms with Crippen LogP contribution in [0.5, 0.6) is 11.5 Å². The van der Waals surface area contributed by atoms with E-state index in [-0.39, 0.29) is 23.7 Å². The van der Waals surface area contributed by atoms with E-state index in [1.165, 1.54) is 25.1 Å². The summed E-state index contributed by atoms with van der Waals surface area (Å²) >= 11 is 0. The zero-order valence-corrected chi connectivity index (χ0v) is 13.6. The molecule has 1 aromatic rings. The largest absolute Gasteiger partial charge is 0.508 e. The molecule has 0 saturated heterocycles. The minimum absolute atomic E-state index is 0.0195. The molecule has 0 aromatic heterocycles. The van der Waals surface area contributed by atoms with Gasteiger partial charge in [-0.2, -0.15) is 0 Å². The van der Waals surface area contributed by atoms with Crippen LogP contribution in [0, 0.1) is 0 Å². The van der Waals surface area contributed by atoms with Crippen LogP contribution in [-0.2, 0) is 16.0 Å². The third-order valence-corrected chi connectivity index (χ3v) is 3.84. The van der Waals surface area contributed by atoms with E-state index in [0.29, 0.717) is 29.8 Å². The molecule has 2 atom stereocenters. The van der Waals surface area contributed by atoms with E-state index in [4.69, 9.17) is 9.84 Å². The molecule has 0 fully saturated rings. The van der Waals surface area contributed by atoms with Crippen LogP contribution in [0.15, 0.2) is 23.8 Å². The van der Waals surface area contributed by atoms with Crippen molar-refractivity contribution in [3.63, 3.8) is 0 Å². The molecule has 1 amide bonds. The lowest BCUT2D eigenvalue weighted by atomic mass is 10.0. The maximum Gasteiger partial charge on any atom is 0.331 e. The zero-order valence-electron chi connectivity index (χ0n) is 13.6. The Bertz CT molecular complexity index is 682. The van der Waals surface area contributed by atoms with Gasteiger partial charge in [-0.1, -0.05) is 6.92 Å². The van der Waals surface area contributed by atoms with Crippen molar-refractivity contribution < 1.29 is 29.6 Å². The zero-order chi connectivity index (χ0) is 17.9. The number of anilines is 1. The van der Waals surface area contributed by atoms with Gasteiger partial charge in [-0.05, 0) is 31.9 Å². The first-order chi connectivity index (χ1) is 11.3. The fourth-order valence-corrected chi connectivity index (χ4v) is 2.47. The number of carboxylic acid groups (broad SMARTS) is 1. The van der Waals surface area contributed by atoms with Gasteiger partial charge >= 0.3 is 5.97 Å². The van der Waals surface area contributed by atoms with E-state index in [9.17, 15) is 19.8 Å². The molecule has 0 radical (unpaired) electrons. The second-order valence-corrected chi connectivity index (χ2v) is 5.73. The highest BCUT2D eigenvalue weighted by molar-refractivity contribution is 5.92. The fourth-order valence-electron chi connectivity index (χ4n) is 2.47. The Balaban J connectivity index is 2.43. The molecule has 0 bridgehead atoms. The van der Waals surface area contributed by atoms with Crippen molar-refractivity contribution >= 4 is 17.6 Å². The molecule has 130 valence electrons. The van der Waals surface area contributed by atoms with E-state index in [0.717, 1.165) is 0 Å². The summed E-state index contributed by atoms with van der Waals surface area (Å²) in [6, 6.07) is 2.88. The second-order valence-electron chi connectivity index (χ2n) is 5.73. The first-order valence-electron chi connectivity index (χ1n) is 7.74. The first kappa shape index (κ1) is 17.8. The second kappa shape index (κ2) is 7.35. The molecule has 0 saturated carbocycles. The third-order valence-electron chi connectivity index (χ3n) is 3.84. The lowest BCUT2D eigenvalue weighted by molar-refractivity contribution is -0.132. The molecular formula is C17H21NO6. The Morgan fingerprint density at radius 3 is 2.75 bits per heavy atom. The number of carbonyl (C=O) groups is 2. The van der Waals surface area contributed by atoms with Crippen LogP contribution in [-0.4, -0.2) is 39.4 Å². The summed E-state index contributed by atoms with van der Waals surface area (Å²) in [4.78, 5) is 22.7. The molecule has 4 N–H and O–H groups in total. The van der Waals surface area contributed by atoms with Crippen LogP contribution in [0.3, 0.4) is 0 Å². The molecule has 7 heteroatoms. The Morgan fingerprint density at radius 2 is 2.12 bits per heavy atom. The number of aryl methyl sites for hydroxylation is 1. The number of fused-ring (bicyclic) bond motifs is 1. The SMILES string of the molecule is CCC(=O)Nc1cc(O)cc2c1O[C@H](C=C(C)C(=O)O)[C@@H](O)CC2. The Kier molecular flexibility index (Phi) is 5.46. The average molecular weight is 335 g/mol. The molecule has 1 aliphatic heterocycles. The number of ether oxygens (including phenoxy) is 1. The number of benzene rings is 1. The van der Waals surface area contributed by atoms with Gasteiger partial charge in [-0.15, -0.1) is 0 Å². The number of hydrogen-bond acceptors (Lipinski definition) is 5. The summed E-state index contributed by atoms with van der Waals surface area (Å²) in [5, 5.41) is 31.7. The molecular weight excluding hydrogens is 314 g/mol. The third kappa shape index (κ3) is 4.05. The number of amides is 1. The number of phenols is 1. The smallest absolute Gasteiger partial charge is 0.331 e. The van der Waals surface area contributed by atoms with Crippen molar-refractivity contribution in [3.8, 4) is 11.5 Å². The minimum atomic E-state index is -1.10. The number of carbonyl (C=O) groups excluding carboxylic acids is 1. The van der Waals surface area contributed by atoms with Crippen molar-refractivity contribution in [3.05, 3.63) is 29.3 Å². The molecule has 1 aromatic carbocycles. The highest BCUT2D eigenvalue weighted by Crippen LogP contribution is 2.38. The van der Waals surface area contributed by atoms with Crippen LogP contribution < -0.4 is 10.1 Å². The van der Waals surface area contributed by atoms with Crippen molar-refractivity contribution in [2.75, 3.05) is 5.32 Å². The summed E-state index contributed by atoms with van der Waals surface area (Å²) in [5.74, 6) is -1.02. The van der Waals surface area contributed by atoms with Crippen molar-refractivity contribution in [2.45, 2.75) is 45.3 Å². The first-order valence-corrected chi connectivity index (χ1v) is 7.74. The molecule has 0 spiro atoms. The van der Waals surface area contributed by atoms with E-state index >= 15 is 0 Å². The molecule has 2 rings (SSSR count). The van der Waals surface area contributed by atoms with Crippen LogP contribution in [0.25, 0.3) is 0 Å².